The second-order valence-electron chi connectivity index (χ2n) is 7.21. The standard InChI is InChI=1S/C22H25N3O/c23-20-7-9-25(10-8-20)14-17-3-6-19-12-24-13-22(21(19)11-17)18-4-1-16(15-26)2-5-18/h1-6,11-13,20,26H,7-10,14-15,23H2. The maximum atomic E-state index is 9.25. The van der Waals surface area contributed by atoms with Crippen LogP contribution in [0, 0.1) is 0 Å². The van der Waals surface area contributed by atoms with E-state index in [2.05, 4.69) is 40.2 Å². The van der Waals surface area contributed by atoms with Crippen molar-refractivity contribution >= 4 is 10.8 Å². The molecule has 4 heteroatoms. The highest BCUT2D eigenvalue weighted by molar-refractivity contribution is 5.96. The second kappa shape index (κ2) is 7.54. The molecule has 2 aromatic carbocycles. The van der Waals surface area contributed by atoms with Crippen molar-refractivity contribution in [3.63, 3.8) is 0 Å². The van der Waals surface area contributed by atoms with Crippen LogP contribution >= 0.6 is 0 Å². The molecule has 1 aliphatic heterocycles. The minimum Gasteiger partial charge on any atom is -0.392 e. The van der Waals surface area contributed by atoms with Gasteiger partial charge in [-0.2, -0.15) is 0 Å². The molecule has 0 spiro atoms. The van der Waals surface area contributed by atoms with Gasteiger partial charge in [0.05, 0.1) is 6.61 Å². The van der Waals surface area contributed by atoms with E-state index in [1.54, 1.807) is 0 Å². The fourth-order valence-corrected chi connectivity index (χ4v) is 3.70. The van der Waals surface area contributed by atoms with Gasteiger partial charge in [-0.25, -0.2) is 0 Å². The number of aromatic nitrogens is 1. The Hall–Kier alpha value is -2.27. The van der Waals surface area contributed by atoms with Crippen molar-refractivity contribution in [2.75, 3.05) is 13.1 Å². The third-order valence-electron chi connectivity index (χ3n) is 5.31. The zero-order valence-electron chi connectivity index (χ0n) is 14.9. The van der Waals surface area contributed by atoms with Gasteiger partial charge in [-0.15, -0.1) is 0 Å². The number of benzene rings is 2. The average molecular weight is 347 g/mol. The highest BCUT2D eigenvalue weighted by Crippen LogP contribution is 2.29. The Balaban J connectivity index is 1.65. The van der Waals surface area contributed by atoms with Gasteiger partial charge in [0.2, 0.25) is 0 Å². The summed E-state index contributed by atoms with van der Waals surface area (Å²) in [5, 5.41) is 11.6. The summed E-state index contributed by atoms with van der Waals surface area (Å²) in [6.07, 6.45) is 6.02. The maximum absolute atomic E-state index is 9.25. The van der Waals surface area contributed by atoms with E-state index in [4.69, 9.17) is 5.73 Å². The van der Waals surface area contributed by atoms with Crippen LogP contribution in [0.2, 0.25) is 0 Å². The van der Waals surface area contributed by atoms with Crippen LogP contribution in [0.15, 0.2) is 54.9 Å². The van der Waals surface area contributed by atoms with Crippen LogP contribution in [-0.4, -0.2) is 34.1 Å². The molecule has 0 radical (unpaired) electrons. The fraction of sp³-hybridized carbons (Fsp3) is 0.318. The number of hydrogen-bond acceptors (Lipinski definition) is 4. The zero-order valence-corrected chi connectivity index (χ0v) is 14.9. The Morgan fingerprint density at radius 1 is 1.00 bits per heavy atom. The van der Waals surface area contributed by atoms with Gasteiger partial charge in [-0.05, 0) is 54.1 Å². The minimum atomic E-state index is 0.0672. The maximum Gasteiger partial charge on any atom is 0.0681 e. The summed E-state index contributed by atoms with van der Waals surface area (Å²) in [6.45, 7) is 3.18. The van der Waals surface area contributed by atoms with E-state index in [9.17, 15) is 5.11 Å². The lowest BCUT2D eigenvalue weighted by Crippen LogP contribution is -2.39. The van der Waals surface area contributed by atoms with Crippen LogP contribution < -0.4 is 5.73 Å². The summed E-state index contributed by atoms with van der Waals surface area (Å²) in [5.74, 6) is 0. The second-order valence-corrected chi connectivity index (χ2v) is 7.21. The first-order chi connectivity index (χ1) is 12.7. The van der Waals surface area contributed by atoms with E-state index >= 15 is 0 Å². The number of nitrogens with two attached hydrogens (primary N) is 1. The average Bonchev–Trinajstić information content (AvgIpc) is 2.69. The number of rotatable bonds is 4. The van der Waals surface area contributed by atoms with Crippen LogP contribution in [0.3, 0.4) is 0 Å². The van der Waals surface area contributed by atoms with Gasteiger partial charge in [-0.3, -0.25) is 9.88 Å². The molecular formula is C22H25N3O. The molecule has 0 amide bonds. The molecule has 3 N–H and O–H groups in total. The molecule has 0 unspecified atom stereocenters. The van der Waals surface area contributed by atoms with Crippen molar-refractivity contribution in [1.82, 2.24) is 9.88 Å². The van der Waals surface area contributed by atoms with Crippen molar-refractivity contribution in [2.45, 2.75) is 32.0 Å². The zero-order chi connectivity index (χ0) is 17.9. The van der Waals surface area contributed by atoms with Crippen molar-refractivity contribution < 1.29 is 5.11 Å². The summed E-state index contributed by atoms with van der Waals surface area (Å²) in [5.41, 5.74) is 10.5. The first kappa shape index (κ1) is 17.2. The lowest BCUT2D eigenvalue weighted by Gasteiger charge is -2.30. The summed E-state index contributed by atoms with van der Waals surface area (Å²) in [6, 6.07) is 15.1. The van der Waals surface area contributed by atoms with Crippen molar-refractivity contribution in [2.24, 2.45) is 5.73 Å². The third kappa shape index (κ3) is 3.63. The number of aliphatic hydroxyl groups is 1. The molecule has 0 bridgehead atoms. The lowest BCUT2D eigenvalue weighted by atomic mass is 9.98. The molecule has 1 fully saturated rings. The Labute approximate surface area is 154 Å². The molecular weight excluding hydrogens is 322 g/mol. The topological polar surface area (TPSA) is 62.4 Å². The molecule has 1 saturated heterocycles. The highest BCUT2D eigenvalue weighted by atomic mass is 16.3. The molecule has 2 heterocycles. The Morgan fingerprint density at radius 3 is 2.46 bits per heavy atom. The number of pyridine rings is 1. The van der Waals surface area contributed by atoms with E-state index in [1.807, 2.05) is 24.5 Å². The van der Waals surface area contributed by atoms with E-state index in [0.717, 1.165) is 54.6 Å². The number of likely N-dealkylation sites (tertiary alicyclic amines) is 1. The van der Waals surface area contributed by atoms with Gasteiger partial charge < -0.3 is 10.8 Å². The van der Waals surface area contributed by atoms with Gasteiger partial charge in [0.1, 0.15) is 0 Å². The van der Waals surface area contributed by atoms with Crippen molar-refractivity contribution in [3.05, 3.63) is 66.0 Å². The molecule has 134 valence electrons. The predicted octanol–water partition coefficient (Wildman–Crippen LogP) is 3.32. The van der Waals surface area contributed by atoms with E-state index in [0.29, 0.717) is 6.04 Å². The van der Waals surface area contributed by atoms with Gasteiger partial charge in [-0.1, -0.05) is 36.4 Å². The van der Waals surface area contributed by atoms with Gasteiger partial charge >= 0.3 is 0 Å². The first-order valence-corrected chi connectivity index (χ1v) is 9.27. The molecule has 0 atom stereocenters. The summed E-state index contributed by atoms with van der Waals surface area (Å²) < 4.78 is 0. The number of hydrogen-bond donors (Lipinski definition) is 2. The van der Waals surface area contributed by atoms with Crippen LogP contribution in [0.25, 0.3) is 21.9 Å². The smallest absolute Gasteiger partial charge is 0.0681 e. The first-order valence-electron chi connectivity index (χ1n) is 9.27. The van der Waals surface area contributed by atoms with Crippen molar-refractivity contribution in [3.8, 4) is 11.1 Å². The van der Waals surface area contributed by atoms with Crippen LogP contribution in [-0.2, 0) is 13.2 Å². The van der Waals surface area contributed by atoms with Gasteiger partial charge in [0.25, 0.3) is 0 Å². The molecule has 0 saturated carbocycles. The summed E-state index contributed by atoms with van der Waals surface area (Å²) in [4.78, 5) is 6.90. The van der Waals surface area contributed by atoms with Gasteiger partial charge in [0, 0.05) is 35.9 Å². The third-order valence-corrected chi connectivity index (χ3v) is 5.31. The SMILES string of the molecule is NC1CCN(Cc2ccc3cncc(-c4ccc(CO)cc4)c3c2)CC1. The molecule has 4 rings (SSSR count). The lowest BCUT2D eigenvalue weighted by molar-refractivity contribution is 0.206. The van der Waals surface area contributed by atoms with Gasteiger partial charge in [0.15, 0.2) is 0 Å². The van der Waals surface area contributed by atoms with E-state index in [1.165, 1.54) is 10.9 Å². The molecule has 3 aromatic rings. The summed E-state index contributed by atoms with van der Waals surface area (Å²) in [7, 11) is 0. The molecule has 1 aliphatic rings. The van der Waals surface area contributed by atoms with E-state index in [-0.39, 0.29) is 6.61 Å². The number of piperidine rings is 1. The fourth-order valence-electron chi connectivity index (χ4n) is 3.70. The van der Waals surface area contributed by atoms with E-state index < -0.39 is 0 Å². The minimum absolute atomic E-state index is 0.0672. The summed E-state index contributed by atoms with van der Waals surface area (Å²) >= 11 is 0. The highest BCUT2D eigenvalue weighted by Gasteiger charge is 2.16. The monoisotopic (exact) mass is 347 g/mol. The Bertz CT molecular complexity index is 884. The molecule has 1 aromatic heterocycles. The number of fused-ring (bicyclic) bond motifs is 1. The predicted molar refractivity (Wildman–Crippen MR) is 106 cm³/mol. The van der Waals surface area contributed by atoms with Crippen molar-refractivity contribution in [1.29, 1.82) is 0 Å². The van der Waals surface area contributed by atoms with Crippen LogP contribution in [0.1, 0.15) is 24.0 Å². The largest absolute Gasteiger partial charge is 0.392 e. The molecule has 0 aliphatic carbocycles. The Kier molecular flexibility index (Phi) is 4.98. The molecule has 26 heavy (non-hydrogen) atoms. The van der Waals surface area contributed by atoms with Crippen LogP contribution in [0.4, 0.5) is 0 Å². The van der Waals surface area contributed by atoms with Crippen LogP contribution in [0.5, 0.6) is 0 Å². The normalized spacial score (nSPS) is 16.2. The number of nitrogens with zero attached hydrogens (tertiary/aromatic N) is 2. The molecule has 4 nitrogen and oxygen atoms in total. The number of aliphatic hydroxyl groups excluding tert-OH is 1. The Morgan fingerprint density at radius 2 is 1.73 bits per heavy atom. The quantitative estimate of drug-likeness (QED) is 0.760.